The number of halogens is 1. The number of hydrogen-bond acceptors (Lipinski definition) is 4. The number of aryl methyl sites for hydroxylation is 1. The van der Waals surface area contributed by atoms with E-state index in [0.29, 0.717) is 19.8 Å². The molecule has 1 aromatic rings. The summed E-state index contributed by atoms with van der Waals surface area (Å²) in [5.74, 6) is 1.03. The van der Waals surface area contributed by atoms with E-state index in [-0.39, 0.29) is 12.4 Å². The van der Waals surface area contributed by atoms with E-state index in [0.717, 1.165) is 30.5 Å². The van der Waals surface area contributed by atoms with Gasteiger partial charge >= 0.3 is 8.80 Å². The summed E-state index contributed by atoms with van der Waals surface area (Å²) in [6.45, 7) is 14.2. The molecular formula is C15H29ClN2O3Si. The molecule has 0 spiro atoms. The molecule has 0 N–H and O–H groups in total. The lowest BCUT2D eigenvalue weighted by atomic mass is 10.3. The van der Waals surface area contributed by atoms with Gasteiger partial charge in [0.2, 0.25) is 0 Å². The molecule has 0 bridgehead atoms. The van der Waals surface area contributed by atoms with Gasteiger partial charge in [0.1, 0.15) is 11.1 Å². The highest BCUT2D eigenvalue weighted by molar-refractivity contribution is 6.74. The molecule has 0 aliphatic carbocycles. The lowest BCUT2D eigenvalue weighted by molar-refractivity contribution is 0.0851. The summed E-state index contributed by atoms with van der Waals surface area (Å²) in [5.41, 5.74) is 0. The molecular weight excluding hydrogens is 320 g/mol. The van der Waals surface area contributed by atoms with Crippen molar-refractivity contribution in [3.8, 4) is 0 Å². The molecule has 0 atom stereocenters. The van der Waals surface area contributed by atoms with Crippen molar-refractivity contribution in [1.29, 1.82) is 0 Å². The first-order chi connectivity index (χ1) is 10.2. The Balaban J connectivity index is 0.00000441. The maximum absolute atomic E-state index is 5.91. The van der Waals surface area contributed by atoms with Crippen LogP contribution in [0, 0.1) is 0 Å². The summed E-state index contributed by atoms with van der Waals surface area (Å²) >= 11 is 0. The minimum Gasteiger partial charge on any atom is -0.369 e. The molecule has 0 unspecified atom stereocenters. The van der Waals surface area contributed by atoms with Crippen LogP contribution in [0.15, 0.2) is 18.9 Å². The summed E-state index contributed by atoms with van der Waals surface area (Å²) in [6, 6.07) is 0. The van der Waals surface area contributed by atoms with Gasteiger partial charge in [0.05, 0.1) is 0 Å². The number of rotatable bonds is 11. The third-order valence-electron chi connectivity index (χ3n) is 2.98. The number of allylic oxidation sites excluding steroid dienone is 1. The lowest BCUT2D eigenvalue weighted by Gasteiger charge is -2.26. The van der Waals surface area contributed by atoms with Crippen LogP contribution >= 0.6 is 12.4 Å². The Kier molecular flexibility index (Phi) is 10.6. The van der Waals surface area contributed by atoms with Gasteiger partial charge in [-0.2, -0.15) is 0 Å². The van der Waals surface area contributed by atoms with Crippen LogP contribution in [-0.4, -0.2) is 38.2 Å². The predicted molar refractivity (Wildman–Crippen MR) is 93.9 cm³/mol. The summed E-state index contributed by atoms with van der Waals surface area (Å²) < 4.78 is 19.8. The van der Waals surface area contributed by atoms with E-state index in [4.69, 9.17) is 18.3 Å². The first-order valence-corrected chi connectivity index (χ1v) is 9.49. The van der Waals surface area contributed by atoms with Crippen LogP contribution in [0.3, 0.4) is 0 Å². The van der Waals surface area contributed by atoms with E-state index in [2.05, 4.69) is 18.1 Å². The molecule has 7 heteroatoms. The smallest absolute Gasteiger partial charge is 0.369 e. The van der Waals surface area contributed by atoms with E-state index < -0.39 is 8.80 Å². The molecule has 0 saturated carbocycles. The fourth-order valence-corrected chi connectivity index (χ4v) is 4.65. The van der Waals surface area contributed by atoms with Crippen molar-refractivity contribution in [2.75, 3.05) is 19.8 Å². The highest BCUT2D eigenvalue weighted by Crippen LogP contribution is 2.12. The second kappa shape index (κ2) is 11.0. The maximum Gasteiger partial charge on any atom is 0.558 e. The highest BCUT2D eigenvalue weighted by Gasteiger charge is 2.46. The molecule has 0 saturated heterocycles. The number of hydrogen-bond donors (Lipinski definition) is 0. The van der Waals surface area contributed by atoms with Crippen molar-refractivity contribution in [1.82, 2.24) is 9.55 Å². The van der Waals surface area contributed by atoms with Gasteiger partial charge in [-0.05, 0) is 27.2 Å². The average Bonchev–Trinajstić information content (AvgIpc) is 2.84. The first kappa shape index (κ1) is 21.3. The van der Waals surface area contributed by atoms with Gasteiger partial charge in [-0.3, -0.25) is 0 Å². The van der Waals surface area contributed by atoms with Gasteiger partial charge in [-0.25, -0.2) is 4.98 Å². The standard InChI is InChI=1S/C15H28N2O3Si.ClH/c1-6-11-14-16-15(13-17(14)12-7-2)21(18-8-3,19-9-4)20-10-5;/h7,13H,2,6,8-12H2,1,3-5H3;1H. The zero-order valence-corrected chi connectivity index (χ0v) is 15.9. The molecule has 0 radical (unpaired) electrons. The molecule has 5 nitrogen and oxygen atoms in total. The van der Waals surface area contributed by atoms with Crippen LogP contribution in [0.25, 0.3) is 0 Å². The molecule has 0 aliphatic heterocycles. The monoisotopic (exact) mass is 348 g/mol. The Hall–Kier alpha value is -0.663. The van der Waals surface area contributed by atoms with Crippen molar-refractivity contribution >= 4 is 26.5 Å². The number of aromatic nitrogens is 2. The Morgan fingerprint density at radius 1 is 1.14 bits per heavy atom. The highest BCUT2D eigenvalue weighted by atomic mass is 35.5. The number of imidazole rings is 1. The van der Waals surface area contributed by atoms with Gasteiger partial charge in [0, 0.05) is 39.0 Å². The van der Waals surface area contributed by atoms with Gasteiger partial charge < -0.3 is 17.8 Å². The molecule has 1 rings (SSSR count). The SMILES string of the molecule is C=CCn1cc([Si](OCC)(OCC)OCC)nc1CCC.Cl. The second-order valence-corrected chi connectivity index (χ2v) is 7.08. The summed E-state index contributed by atoms with van der Waals surface area (Å²) in [6.07, 6.45) is 5.83. The van der Waals surface area contributed by atoms with Crippen LogP contribution in [0.1, 0.15) is 39.9 Å². The quantitative estimate of drug-likeness (QED) is 0.455. The molecule has 128 valence electrons. The predicted octanol–water partition coefficient (Wildman–Crippen LogP) is 2.70. The van der Waals surface area contributed by atoms with Crippen LogP contribution < -0.4 is 5.32 Å². The van der Waals surface area contributed by atoms with Crippen LogP contribution in [-0.2, 0) is 26.2 Å². The van der Waals surface area contributed by atoms with Crippen molar-refractivity contribution in [2.24, 2.45) is 0 Å². The van der Waals surface area contributed by atoms with E-state index in [1.165, 1.54) is 0 Å². The average molecular weight is 349 g/mol. The maximum atomic E-state index is 5.91. The lowest BCUT2D eigenvalue weighted by Crippen LogP contribution is -2.57. The minimum atomic E-state index is -2.91. The van der Waals surface area contributed by atoms with E-state index in [9.17, 15) is 0 Å². The Bertz CT molecular complexity index is 423. The van der Waals surface area contributed by atoms with Crippen LogP contribution in [0.2, 0.25) is 0 Å². The fraction of sp³-hybridized carbons (Fsp3) is 0.667. The van der Waals surface area contributed by atoms with Gasteiger partial charge in [-0.15, -0.1) is 19.0 Å². The van der Waals surface area contributed by atoms with Crippen LogP contribution in [0.4, 0.5) is 0 Å². The third kappa shape index (κ3) is 5.21. The Labute approximate surface area is 141 Å². The first-order valence-electron chi connectivity index (χ1n) is 7.76. The van der Waals surface area contributed by atoms with Gasteiger partial charge in [0.15, 0.2) is 0 Å². The van der Waals surface area contributed by atoms with Crippen molar-refractivity contribution in [3.05, 3.63) is 24.7 Å². The molecule has 0 aliphatic rings. The molecule has 0 fully saturated rings. The normalized spacial score (nSPS) is 11.3. The Morgan fingerprint density at radius 3 is 2.09 bits per heavy atom. The van der Waals surface area contributed by atoms with Crippen molar-refractivity contribution < 1.29 is 13.3 Å². The molecule has 0 aromatic carbocycles. The van der Waals surface area contributed by atoms with Crippen LogP contribution in [0.5, 0.6) is 0 Å². The van der Waals surface area contributed by atoms with Gasteiger partial charge in [-0.1, -0.05) is 13.0 Å². The Morgan fingerprint density at radius 2 is 1.68 bits per heavy atom. The number of nitrogens with zero attached hydrogens (tertiary/aromatic N) is 2. The van der Waals surface area contributed by atoms with Crippen molar-refractivity contribution in [2.45, 2.75) is 47.1 Å². The molecule has 22 heavy (non-hydrogen) atoms. The topological polar surface area (TPSA) is 45.5 Å². The zero-order chi connectivity index (χ0) is 15.7. The van der Waals surface area contributed by atoms with Gasteiger partial charge in [0.25, 0.3) is 0 Å². The van der Waals surface area contributed by atoms with E-state index in [1.807, 2.05) is 33.0 Å². The summed E-state index contributed by atoms with van der Waals surface area (Å²) in [4.78, 5) is 4.75. The second-order valence-electron chi connectivity index (χ2n) is 4.59. The largest absolute Gasteiger partial charge is 0.558 e. The summed E-state index contributed by atoms with van der Waals surface area (Å²) in [7, 11) is -2.91. The molecule has 0 amide bonds. The van der Waals surface area contributed by atoms with E-state index in [1.54, 1.807) is 0 Å². The molecule has 1 aromatic heterocycles. The third-order valence-corrected chi connectivity index (χ3v) is 5.85. The van der Waals surface area contributed by atoms with E-state index >= 15 is 0 Å². The summed E-state index contributed by atoms with van der Waals surface area (Å²) in [5, 5.41) is 0.804. The minimum absolute atomic E-state index is 0. The fourth-order valence-electron chi connectivity index (χ4n) is 2.24. The molecule has 1 heterocycles. The van der Waals surface area contributed by atoms with Crippen molar-refractivity contribution in [3.63, 3.8) is 0 Å². The zero-order valence-electron chi connectivity index (χ0n) is 14.1.